The number of carbonyl (C=O) groups is 4. The lowest BCUT2D eigenvalue weighted by atomic mass is 9.47. The molecule has 0 aromatic heterocycles. The number of carbonyl (C=O) groups excluding carboxylic acids is 4. The number of ether oxygens (including phenoxy) is 4. The number of aliphatic hydroxyl groups excluding tert-OH is 1. The van der Waals surface area contributed by atoms with Crippen molar-refractivity contribution < 1.29 is 48.3 Å². The number of hydrogen-bond donors (Lipinski definition) is 2. The van der Waals surface area contributed by atoms with Crippen LogP contribution in [-0.4, -0.2) is 68.1 Å². The molecule has 10 heteroatoms. The van der Waals surface area contributed by atoms with Crippen LogP contribution in [-0.2, 0) is 38.1 Å². The molecule has 0 heterocycles. The van der Waals surface area contributed by atoms with E-state index in [1.165, 1.54) is 0 Å². The van der Waals surface area contributed by atoms with E-state index >= 15 is 0 Å². The van der Waals surface area contributed by atoms with Gasteiger partial charge in [-0.15, -0.1) is 0 Å². The number of methoxy groups -OCH3 is 4. The van der Waals surface area contributed by atoms with E-state index in [9.17, 15) is 29.4 Å². The van der Waals surface area contributed by atoms with Gasteiger partial charge in [-0.05, 0) is 11.8 Å². The molecule has 0 aromatic carbocycles. The second-order valence-corrected chi connectivity index (χ2v) is 7.38. The fourth-order valence-electron chi connectivity index (χ4n) is 4.93. The molecule has 1 fully saturated rings. The smallest absolute Gasteiger partial charge is 0.337 e. The first-order valence-corrected chi connectivity index (χ1v) is 9.01. The highest BCUT2D eigenvalue weighted by Crippen LogP contribution is 2.59. The van der Waals surface area contributed by atoms with Crippen molar-refractivity contribution in [2.75, 3.05) is 28.4 Å². The molecule has 0 aliphatic heterocycles. The van der Waals surface area contributed by atoms with E-state index in [2.05, 4.69) is 0 Å². The minimum atomic E-state index is -2.45. The van der Waals surface area contributed by atoms with Gasteiger partial charge in [0.15, 0.2) is 0 Å². The van der Waals surface area contributed by atoms with Crippen LogP contribution in [0.15, 0.2) is 11.3 Å². The molecule has 0 unspecified atom stereocenters. The molecule has 1 saturated carbocycles. The van der Waals surface area contributed by atoms with E-state index in [1.807, 2.05) is 0 Å². The molecule has 0 radical (unpaired) electrons. The van der Waals surface area contributed by atoms with Gasteiger partial charge in [-0.25, -0.2) is 4.79 Å². The van der Waals surface area contributed by atoms with Gasteiger partial charge in [0.2, 0.25) is 0 Å². The van der Waals surface area contributed by atoms with E-state index in [4.69, 9.17) is 18.9 Å². The predicted molar refractivity (Wildman–Crippen MR) is 95.0 cm³/mol. The Labute approximate surface area is 167 Å². The number of esters is 4. The number of hydrogen-bond acceptors (Lipinski definition) is 10. The quantitative estimate of drug-likeness (QED) is 0.475. The van der Waals surface area contributed by atoms with Crippen LogP contribution in [0.2, 0.25) is 0 Å². The second-order valence-electron chi connectivity index (χ2n) is 7.38. The number of rotatable bonds is 4. The van der Waals surface area contributed by atoms with Crippen LogP contribution in [0.5, 0.6) is 0 Å². The van der Waals surface area contributed by atoms with E-state index < -0.39 is 70.7 Å². The van der Waals surface area contributed by atoms with Gasteiger partial charge >= 0.3 is 23.9 Å². The molecule has 2 rings (SSSR count). The van der Waals surface area contributed by atoms with Crippen molar-refractivity contribution in [2.24, 2.45) is 35.5 Å². The molecule has 29 heavy (non-hydrogen) atoms. The molecule has 162 valence electrons. The summed E-state index contributed by atoms with van der Waals surface area (Å²) in [5, 5.41) is 22.6. The first-order valence-electron chi connectivity index (χ1n) is 9.01. The zero-order valence-electron chi connectivity index (χ0n) is 17.1. The Balaban J connectivity index is 2.96. The number of fused-ring (bicyclic) bond motifs is 2. The number of aliphatic hydroxyl groups is 2. The lowest BCUT2D eigenvalue weighted by Gasteiger charge is -2.57. The van der Waals surface area contributed by atoms with Crippen LogP contribution in [0.3, 0.4) is 0 Å². The molecule has 2 N–H and O–H groups in total. The van der Waals surface area contributed by atoms with Gasteiger partial charge in [-0.2, -0.15) is 0 Å². The molecule has 7 atom stereocenters. The Morgan fingerprint density at radius 3 is 1.72 bits per heavy atom. The lowest BCUT2D eigenvalue weighted by Crippen LogP contribution is -2.70. The van der Waals surface area contributed by atoms with Gasteiger partial charge in [0.25, 0.3) is 0 Å². The van der Waals surface area contributed by atoms with Gasteiger partial charge < -0.3 is 29.2 Å². The summed E-state index contributed by atoms with van der Waals surface area (Å²) in [7, 11) is 4.27. The minimum absolute atomic E-state index is 0.328. The summed E-state index contributed by atoms with van der Waals surface area (Å²) >= 11 is 0. The third-order valence-corrected chi connectivity index (χ3v) is 6.37. The van der Waals surface area contributed by atoms with E-state index in [1.54, 1.807) is 13.8 Å². The van der Waals surface area contributed by atoms with Gasteiger partial charge in [-0.1, -0.05) is 13.8 Å². The molecule has 0 amide bonds. The molecule has 0 spiro atoms. The van der Waals surface area contributed by atoms with Crippen LogP contribution in [0, 0.1) is 35.5 Å². The third-order valence-electron chi connectivity index (χ3n) is 6.37. The minimum Gasteiger partial charge on any atom is -0.511 e. The predicted octanol–water partition coefficient (Wildman–Crippen LogP) is -0.0142. The highest BCUT2D eigenvalue weighted by Gasteiger charge is 2.72. The van der Waals surface area contributed by atoms with E-state index in [0.29, 0.717) is 0 Å². The lowest BCUT2D eigenvalue weighted by molar-refractivity contribution is -0.219. The molecule has 2 bridgehead atoms. The average Bonchev–Trinajstić information content (AvgIpc) is 2.70. The topological polar surface area (TPSA) is 146 Å². The monoisotopic (exact) mass is 414 g/mol. The Bertz CT molecular complexity index is 756. The van der Waals surface area contributed by atoms with Crippen molar-refractivity contribution in [2.45, 2.75) is 19.4 Å². The zero-order chi connectivity index (χ0) is 22.3. The largest absolute Gasteiger partial charge is 0.511 e. The standard InChI is InChI=1S/C19H26O10/c1-7-8(2)11(16(22)27-4)19(25)12(17(23)28-5)9(7)10(15(21)26-3)14(20)13(19)18(24)29-6/h7-9,11-13,20,25H,1-6H3/t7-,8-,9-,11+,12-,13+,19-/m0/s1. The summed E-state index contributed by atoms with van der Waals surface area (Å²) in [5.74, 6) is -11.8. The zero-order valence-corrected chi connectivity index (χ0v) is 17.1. The molecule has 2 aliphatic rings. The summed E-state index contributed by atoms with van der Waals surface area (Å²) < 4.78 is 19.1. The van der Waals surface area contributed by atoms with Crippen LogP contribution in [0.25, 0.3) is 0 Å². The molecular formula is C19H26O10. The molecule has 10 nitrogen and oxygen atoms in total. The van der Waals surface area contributed by atoms with Crippen molar-refractivity contribution in [3.05, 3.63) is 11.3 Å². The summed E-state index contributed by atoms with van der Waals surface area (Å²) in [6, 6.07) is 0. The van der Waals surface area contributed by atoms with Gasteiger partial charge in [0.1, 0.15) is 17.3 Å². The van der Waals surface area contributed by atoms with E-state index in [0.717, 1.165) is 28.4 Å². The van der Waals surface area contributed by atoms with Crippen LogP contribution in [0.1, 0.15) is 13.8 Å². The average molecular weight is 414 g/mol. The molecule has 0 saturated heterocycles. The third kappa shape index (κ3) is 3.06. The van der Waals surface area contributed by atoms with Crippen LogP contribution < -0.4 is 0 Å². The highest BCUT2D eigenvalue weighted by atomic mass is 16.5. The Hall–Kier alpha value is -2.62. The molecule has 2 aliphatic carbocycles. The van der Waals surface area contributed by atoms with Crippen LogP contribution in [0.4, 0.5) is 0 Å². The summed E-state index contributed by atoms with van der Waals surface area (Å²) in [6.45, 7) is 3.29. The van der Waals surface area contributed by atoms with Gasteiger partial charge in [-0.3, -0.25) is 14.4 Å². The fourth-order valence-corrected chi connectivity index (χ4v) is 4.93. The van der Waals surface area contributed by atoms with Crippen molar-refractivity contribution >= 4 is 23.9 Å². The Morgan fingerprint density at radius 2 is 1.28 bits per heavy atom. The van der Waals surface area contributed by atoms with E-state index in [-0.39, 0.29) is 5.57 Å². The van der Waals surface area contributed by atoms with Crippen molar-refractivity contribution in [3.8, 4) is 0 Å². The first-order chi connectivity index (χ1) is 13.5. The van der Waals surface area contributed by atoms with Crippen molar-refractivity contribution in [3.63, 3.8) is 0 Å². The molecular weight excluding hydrogens is 388 g/mol. The summed E-state index contributed by atoms with van der Waals surface area (Å²) in [4.78, 5) is 50.5. The second kappa shape index (κ2) is 8.02. The highest BCUT2D eigenvalue weighted by molar-refractivity contribution is 5.95. The maximum absolute atomic E-state index is 12.8. The van der Waals surface area contributed by atoms with Crippen LogP contribution >= 0.6 is 0 Å². The fraction of sp³-hybridized carbons (Fsp3) is 0.684. The van der Waals surface area contributed by atoms with Crippen molar-refractivity contribution in [1.29, 1.82) is 0 Å². The SMILES string of the molecule is COC(=O)C1=C(O)[C@H](C(=O)OC)[C@@]2(O)[C@H](C(=O)OC)[C@H]1[C@@H](C)[C@H](C)[C@@H]2C(=O)OC. The van der Waals surface area contributed by atoms with Gasteiger partial charge in [0.05, 0.1) is 45.8 Å². The Kier molecular flexibility index (Phi) is 6.27. The Morgan fingerprint density at radius 1 is 0.793 bits per heavy atom. The summed E-state index contributed by atoms with van der Waals surface area (Å²) in [5.41, 5.74) is -2.78. The molecule has 0 aromatic rings. The summed E-state index contributed by atoms with van der Waals surface area (Å²) in [6.07, 6.45) is 0. The maximum atomic E-state index is 12.8. The normalized spacial score (nSPS) is 36.1. The van der Waals surface area contributed by atoms with Gasteiger partial charge in [0, 0.05) is 5.92 Å². The maximum Gasteiger partial charge on any atom is 0.337 e. The van der Waals surface area contributed by atoms with Crippen molar-refractivity contribution in [1.82, 2.24) is 0 Å². The first kappa shape index (κ1) is 22.7.